The summed E-state index contributed by atoms with van der Waals surface area (Å²) in [6.07, 6.45) is -9.13. The molecule has 0 spiro atoms. The number of carbonyl (C=O) groups excluding carboxylic acids is 1. The van der Waals surface area contributed by atoms with Crippen LogP contribution in [0.25, 0.3) is 16.6 Å². The predicted molar refractivity (Wildman–Crippen MR) is 153 cm³/mol. The van der Waals surface area contributed by atoms with E-state index in [1.807, 2.05) is 6.92 Å². The van der Waals surface area contributed by atoms with Gasteiger partial charge in [0.05, 0.1) is 33.8 Å². The lowest BCUT2D eigenvalue weighted by Crippen LogP contribution is -2.39. The third kappa shape index (κ3) is 6.71. The molecule has 4 aromatic rings. The average Bonchev–Trinajstić information content (AvgIpc) is 2.94. The molecule has 0 saturated carbocycles. The van der Waals surface area contributed by atoms with E-state index < -0.39 is 46.6 Å². The fourth-order valence-corrected chi connectivity index (χ4v) is 5.22. The van der Waals surface area contributed by atoms with E-state index in [-0.39, 0.29) is 30.2 Å². The molecule has 4 rings (SSSR count). The van der Waals surface area contributed by atoms with Crippen molar-refractivity contribution in [3.05, 3.63) is 104 Å². The predicted octanol–water partition coefficient (Wildman–Crippen LogP) is 8.78. The number of fused-ring (bicyclic) bond motifs is 1. The van der Waals surface area contributed by atoms with Crippen molar-refractivity contribution in [3.63, 3.8) is 0 Å². The topological polar surface area (TPSA) is 55.2 Å². The van der Waals surface area contributed by atoms with Gasteiger partial charge in [-0.25, -0.2) is 4.98 Å². The largest absolute Gasteiger partial charge is 0.416 e. The lowest BCUT2D eigenvalue weighted by Gasteiger charge is -2.33. The van der Waals surface area contributed by atoms with Crippen molar-refractivity contribution in [1.82, 2.24) is 14.5 Å². The summed E-state index contributed by atoms with van der Waals surface area (Å²) in [7, 11) is 0. The number of amides is 1. The SMILES string of the molecule is CCCCN(C(=O)c1cc(C(F)(F)F)cc(C(F)(F)F)c1)C(CC)c1nc2ccccc2c(=O)n1-c1ccc(Cl)cc1C. The fourth-order valence-electron chi connectivity index (χ4n) is 4.99. The van der Waals surface area contributed by atoms with Crippen molar-refractivity contribution in [2.45, 2.75) is 58.4 Å². The van der Waals surface area contributed by atoms with Crippen molar-refractivity contribution in [2.24, 2.45) is 0 Å². The molecule has 0 saturated heterocycles. The molecule has 0 fully saturated rings. The molecule has 0 N–H and O–H groups in total. The molecule has 43 heavy (non-hydrogen) atoms. The number of aromatic nitrogens is 2. The van der Waals surface area contributed by atoms with E-state index in [0.717, 1.165) is 0 Å². The highest BCUT2D eigenvalue weighted by molar-refractivity contribution is 6.30. The molecular weight excluding hydrogens is 596 g/mol. The zero-order valence-electron chi connectivity index (χ0n) is 23.5. The standard InChI is InChI=1S/C31H28ClF6N3O2/c1-4-6-13-40(28(42)19-15-20(30(33,34)35)17-21(16-19)31(36,37)38)25(5-2)27-39-24-10-8-7-9-23(24)29(43)41(27)26-12-11-22(32)14-18(26)3/h7-12,14-17,25H,4-6,13H2,1-3H3. The second-order valence-electron chi connectivity index (χ2n) is 10.1. The molecule has 1 aromatic heterocycles. The Bertz CT molecular complexity index is 1680. The van der Waals surface area contributed by atoms with Gasteiger partial charge in [-0.05, 0) is 73.9 Å². The number of unbranched alkanes of at least 4 members (excludes halogenated alkanes) is 1. The Morgan fingerprint density at radius 1 is 0.953 bits per heavy atom. The van der Waals surface area contributed by atoms with Crippen LogP contribution in [0.15, 0.2) is 65.5 Å². The number of rotatable bonds is 8. The first-order valence-corrected chi connectivity index (χ1v) is 13.9. The summed E-state index contributed by atoms with van der Waals surface area (Å²) in [5.74, 6) is -0.928. The van der Waals surface area contributed by atoms with Gasteiger partial charge in [-0.1, -0.05) is 44.0 Å². The molecule has 228 valence electrons. The number of alkyl halides is 6. The summed E-state index contributed by atoms with van der Waals surface area (Å²) >= 11 is 6.16. The van der Waals surface area contributed by atoms with E-state index in [1.165, 1.54) is 9.47 Å². The van der Waals surface area contributed by atoms with E-state index >= 15 is 0 Å². The molecule has 0 bridgehead atoms. The minimum absolute atomic E-state index is 0.00622. The van der Waals surface area contributed by atoms with Gasteiger partial charge in [-0.3, -0.25) is 14.2 Å². The Hall–Kier alpha value is -3.86. The zero-order valence-corrected chi connectivity index (χ0v) is 24.2. The van der Waals surface area contributed by atoms with Gasteiger partial charge in [-0.15, -0.1) is 0 Å². The number of nitrogens with zero attached hydrogens (tertiary/aromatic N) is 3. The molecule has 5 nitrogen and oxygen atoms in total. The Labute approximate surface area is 248 Å². The number of benzene rings is 3. The van der Waals surface area contributed by atoms with Crippen LogP contribution in [0.2, 0.25) is 5.02 Å². The number of hydrogen-bond donors (Lipinski definition) is 0. The van der Waals surface area contributed by atoms with Crippen LogP contribution in [-0.2, 0) is 12.4 Å². The minimum Gasteiger partial charge on any atom is -0.328 e. The van der Waals surface area contributed by atoms with E-state index in [2.05, 4.69) is 0 Å². The first kappa shape index (κ1) is 32.1. The molecule has 3 aromatic carbocycles. The van der Waals surface area contributed by atoms with Crippen LogP contribution in [0.4, 0.5) is 26.3 Å². The van der Waals surface area contributed by atoms with Crippen molar-refractivity contribution >= 4 is 28.4 Å². The third-order valence-electron chi connectivity index (χ3n) is 7.11. The Morgan fingerprint density at radius 3 is 2.14 bits per heavy atom. The molecule has 0 aliphatic heterocycles. The first-order chi connectivity index (χ1) is 20.2. The van der Waals surface area contributed by atoms with Gasteiger partial charge in [0, 0.05) is 17.1 Å². The maximum Gasteiger partial charge on any atom is 0.416 e. The third-order valence-corrected chi connectivity index (χ3v) is 7.35. The lowest BCUT2D eigenvalue weighted by atomic mass is 10.0. The minimum atomic E-state index is -5.12. The van der Waals surface area contributed by atoms with Crippen molar-refractivity contribution in [2.75, 3.05) is 6.54 Å². The van der Waals surface area contributed by atoms with Gasteiger partial charge in [0.2, 0.25) is 0 Å². The van der Waals surface area contributed by atoms with Gasteiger partial charge >= 0.3 is 12.4 Å². The number of aryl methyl sites for hydroxylation is 1. The van der Waals surface area contributed by atoms with Gasteiger partial charge in [0.15, 0.2) is 0 Å². The van der Waals surface area contributed by atoms with Gasteiger partial charge in [0.1, 0.15) is 5.82 Å². The van der Waals surface area contributed by atoms with Gasteiger partial charge in [0.25, 0.3) is 11.5 Å². The summed E-state index contributed by atoms with van der Waals surface area (Å²) in [5.41, 5.74) is -3.05. The second kappa shape index (κ2) is 12.4. The fraction of sp³-hybridized carbons (Fsp3) is 0.323. The Balaban J connectivity index is 1.99. The van der Waals surface area contributed by atoms with Gasteiger partial charge < -0.3 is 4.90 Å². The smallest absolute Gasteiger partial charge is 0.328 e. The summed E-state index contributed by atoms with van der Waals surface area (Å²) in [4.78, 5) is 33.8. The molecule has 12 heteroatoms. The average molecular weight is 624 g/mol. The van der Waals surface area contributed by atoms with Crippen LogP contribution in [0.3, 0.4) is 0 Å². The maximum atomic E-state index is 13.9. The zero-order chi connectivity index (χ0) is 31.7. The lowest BCUT2D eigenvalue weighted by molar-refractivity contribution is -0.143. The van der Waals surface area contributed by atoms with Crippen molar-refractivity contribution in [1.29, 1.82) is 0 Å². The first-order valence-electron chi connectivity index (χ1n) is 13.6. The van der Waals surface area contributed by atoms with E-state index in [0.29, 0.717) is 46.8 Å². The summed E-state index contributed by atoms with van der Waals surface area (Å²) < 4.78 is 83.2. The van der Waals surface area contributed by atoms with Crippen LogP contribution >= 0.6 is 11.6 Å². The van der Waals surface area contributed by atoms with Crippen LogP contribution in [0, 0.1) is 6.92 Å². The highest BCUT2D eigenvalue weighted by Crippen LogP contribution is 2.37. The molecule has 0 aliphatic carbocycles. The molecule has 1 unspecified atom stereocenters. The van der Waals surface area contributed by atoms with Crippen molar-refractivity contribution in [3.8, 4) is 5.69 Å². The Morgan fingerprint density at radius 2 is 1.58 bits per heavy atom. The van der Waals surface area contributed by atoms with E-state index in [9.17, 15) is 35.9 Å². The van der Waals surface area contributed by atoms with E-state index in [4.69, 9.17) is 16.6 Å². The quantitative estimate of drug-likeness (QED) is 0.184. The highest BCUT2D eigenvalue weighted by atomic mass is 35.5. The molecular formula is C31H28ClF6N3O2. The molecule has 1 heterocycles. The van der Waals surface area contributed by atoms with Crippen molar-refractivity contribution < 1.29 is 31.1 Å². The van der Waals surface area contributed by atoms with Crippen LogP contribution < -0.4 is 5.56 Å². The number of carbonyl (C=O) groups is 1. The summed E-state index contributed by atoms with van der Waals surface area (Å²) in [6, 6.07) is 11.2. The number of hydrogen-bond acceptors (Lipinski definition) is 3. The molecule has 0 radical (unpaired) electrons. The van der Waals surface area contributed by atoms with Crippen LogP contribution in [-0.4, -0.2) is 26.9 Å². The van der Waals surface area contributed by atoms with Crippen LogP contribution in [0.1, 0.15) is 72.0 Å². The second-order valence-corrected chi connectivity index (χ2v) is 10.6. The summed E-state index contributed by atoms with van der Waals surface area (Å²) in [5, 5.41) is 0.705. The monoisotopic (exact) mass is 623 g/mol. The van der Waals surface area contributed by atoms with Crippen LogP contribution in [0.5, 0.6) is 0 Å². The molecule has 0 aliphatic rings. The summed E-state index contributed by atoms with van der Waals surface area (Å²) in [6.45, 7) is 5.25. The normalized spacial score (nSPS) is 12.9. The van der Waals surface area contributed by atoms with Gasteiger partial charge in [-0.2, -0.15) is 26.3 Å². The number of para-hydroxylation sites is 1. The highest BCUT2D eigenvalue weighted by Gasteiger charge is 2.39. The maximum absolute atomic E-state index is 13.9. The molecule has 1 amide bonds. The van der Waals surface area contributed by atoms with E-state index in [1.54, 1.807) is 56.3 Å². The Kier molecular flexibility index (Phi) is 9.24. The molecule has 1 atom stereocenters. The number of halogens is 7.